The van der Waals surface area contributed by atoms with E-state index in [1.54, 1.807) is 6.33 Å². The van der Waals surface area contributed by atoms with Crippen LogP contribution < -0.4 is 5.32 Å². The number of rotatable bonds is 10. The van der Waals surface area contributed by atoms with Crippen LogP contribution in [0.25, 0.3) is 0 Å². The van der Waals surface area contributed by atoms with Gasteiger partial charge in [0.15, 0.2) is 0 Å². The van der Waals surface area contributed by atoms with Crippen molar-refractivity contribution >= 4 is 11.8 Å². The van der Waals surface area contributed by atoms with Gasteiger partial charge in [-0.3, -0.25) is 9.59 Å². The number of nitrogens with one attached hydrogen (secondary N) is 1. The van der Waals surface area contributed by atoms with Gasteiger partial charge in [-0.15, -0.1) is 0 Å². The standard InChI is InChI=1S/C32H38N6O3/c33-19-26-6-8-27(9-7-26)21-38-24-34-20-30(38)10-12-35-31(39)28-18-29(32(40)37-14-16-41-17-15-37)23-36(22-28)13-11-25-4-2-1-3-5-25/h1-9,20,24,28-29H,10-18,21-23H2,(H,35,39)/t28-,29+/m1/s1. The zero-order chi connectivity index (χ0) is 28.4. The molecule has 0 spiro atoms. The maximum absolute atomic E-state index is 13.4. The van der Waals surface area contributed by atoms with Crippen LogP contribution in [0.5, 0.6) is 0 Å². The minimum Gasteiger partial charge on any atom is -0.378 e. The summed E-state index contributed by atoms with van der Waals surface area (Å²) < 4.78 is 7.51. The molecule has 2 saturated heterocycles. The molecule has 41 heavy (non-hydrogen) atoms. The number of piperidine rings is 1. The largest absolute Gasteiger partial charge is 0.378 e. The van der Waals surface area contributed by atoms with Crippen molar-refractivity contribution in [2.75, 3.05) is 52.5 Å². The van der Waals surface area contributed by atoms with Crippen LogP contribution in [0.1, 0.15) is 28.8 Å². The van der Waals surface area contributed by atoms with Gasteiger partial charge in [0.2, 0.25) is 11.8 Å². The third-order valence-electron chi connectivity index (χ3n) is 8.04. The van der Waals surface area contributed by atoms with E-state index in [4.69, 9.17) is 10.00 Å². The molecule has 1 N–H and O–H groups in total. The fourth-order valence-electron chi connectivity index (χ4n) is 5.75. The van der Waals surface area contributed by atoms with Crippen molar-refractivity contribution in [2.45, 2.75) is 25.8 Å². The maximum Gasteiger partial charge on any atom is 0.227 e. The van der Waals surface area contributed by atoms with Gasteiger partial charge < -0.3 is 24.4 Å². The minimum absolute atomic E-state index is 0.00680. The average molecular weight is 555 g/mol. The van der Waals surface area contributed by atoms with E-state index < -0.39 is 0 Å². The van der Waals surface area contributed by atoms with Crippen molar-refractivity contribution in [1.82, 2.24) is 24.7 Å². The first-order chi connectivity index (χ1) is 20.1. The molecule has 214 valence electrons. The molecule has 2 amide bonds. The fraction of sp³-hybridized carbons (Fsp3) is 0.438. The number of likely N-dealkylation sites (tertiary alicyclic amines) is 1. The molecular formula is C32H38N6O3. The summed E-state index contributed by atoms with van der Waals surface area (Å²) in [7, 11) is 0. The van der Waals surface area contributed by atoms with Crippen LogP contribution in [0.15, 0.2) is 67.1 Å². The summed E-state index contributed by atoms with van der Waals surface area (Å²) in [4.78, 5) is 35.3. The van der Waals surface area contributed by atoms with E-state index in [0.29, 0.717) is 70.9 Å². The molecule has 0 unspecified atom stereocenters. The second kappa shape index (κ2) is 14.1. The molecule has 2 atom stereocenters. The highest BCUT2D eigenvalue weighted by molar-refractivity contribution is 5.83. The topological polar surface area (TPSA) is 103 Å². The highest BCUT2D eigenvalue weighted by Crippen LogP contribution is 2.25. The highest BCUT2D eigenvalue weighted by atomic mass is 16.5. The van der Waals surface area contributed by atoms with Gasteiger partial charge in [0.05, 0.1) is 43.0 Å². The van der Waals surface area contributed by atoms with Crippen LogP contribution in [0.2, 0.25) is 0 Å². The number of hydrogen-bond acceptors (Lipinski definition) is 6. The van der Waals surface area contributed by atoms with Crippen molar-refractivity contribution < 1.29 is 14.3 Å². The monoisotopic (exact) mass is 554 g/mol. The summed E-state index contributed by atoms with van der Waals surface area (Å²) in [6, 6.07) is 20.0. The van der Waals surface area contributed by atoms with Gasteiger partial charge >= 0.3 is 0 Å². The van der Waals surface area contributed by atoms with E-state index >= 15 is 0 Å². The Morgan fingerprint density at radius 1 is 0.976 bits per heavy atom. The molecule has 0 saturated carbocycles. The molecule has 2 aliphatic heterocycles. The number of amides is 2. The SMILES string of the molecule is N#Cc1ccc(Cn2cncc2CCNC(=O)[C@@H]2C[C@H](C(=O)N3CCOCC3)CN(CCc3ccccc3)C2)cc1. The molecule has 1 aromatic heterocycles. The number of imidazole rings is 1. The number of ether oxygens (including phenoxy) is 1. The molecule has 0 aliphatic carbocycles. The summed E-state index contributed by atoms with van der Waals surface area (Å²) in [6.07, 6.45) is 5.74. The van der Waals surface area contributed by atoms with Gasteiger partial charge in [0, 0.05) is 64.1 Å². The predicted molar refractivity (Wildman–Crippen MR) is 155 cm³/mol. The van der Waals surface area contributed by atoms with E-state index in [9.17, 15) is 9.59 Å². The van der Waals surface area contributed by atoms with Crippen molar-refractivity contribution in [3.8, 4) is 6.07 Å². The smallest absolute Gasteiger partial charge is 0.227 e. The Balaban J connectivity index is 1.18. The minimum atomic E-state index is -0.238. The zero-order valence-electron chi connectivity index (χ0n) is 23.5. The molecule has 2 aliphatic rings. The number of carbonyl (C=O) groups excluding carboxylic acids is 2. The first-order valence-electron chi connectivity index (χ1n) is 14.5. The van der Waals surface area contributed by atoms with Gasteiger partial charge in [-0.1, -0.05) is 42.5 Å². The quantitative estimate of drug-likeness (QED) is 0.413. The molecule has 9 nitrogen and oxygen atoms in total. The number of aromatic nitrogens is 2. The Kier molecular flexibility index (Phi) is 9.78. The predicted octanol–water partition coefficient (Wildman–Crippen LogP) is 2.50. The molecule has 3 aromatic rings. The van der Waals surface area contributed by atoms with Gasteiger partial charge in [0.1, 0.15) is 0 Å². The van der Waals surface area contributed by atoms with E-state index in [1.165, 1.54) is 5.56 Å². The third-order valence-corrected chi connectivity index (χ3v) is 8.04. The molecular weight excluding hydrogens is 516 g/mol. The van der Waals surface area contributed by atoms with Crippen LogP contribution in [0, 0.1) is 23.2 Å². The first kappa shape index (κ1) is 28.5. The summed E-state index contributed by atoms with van der Waals surface area (Å²) in [5.41, 5.74) is 4.01. The Morgan fingerprint density at radius 3 is 2.49 bits per heavy atom. The second-order valence-corrected chi connectivity index (χ2v) is 10.9. The maximum atomic E-state index is 13.4. The lowest BCUT2D eigenvalue weighted by atomic mass is 9.87. The van der Waals surface area contributed by atoms with Gasteiger partial charge in [-0.05, 0) is 36.1 Å². The molecule has 2 fully saturated rings. The lowest BCUT2D eigenvalue weighted by Crippen LogP contribution is -2.53. The molecule has 3 heterocycles. The van der Waals surface area contributed by atoms with E-state index in [0.717, 1.165) is 24.2 Å². The Morgan fingerprint density at radius 2 is 1.73 bits per heavy atom. The highest BCUT2D eigenvalue weighted by Gasteiger charge is 2.37. The fourth-order valence-corrected chi connectivity index (χ4v) is 5.75. The number of morpholine rings is 1. The van der Waals surface area contributed by atoms with Crippen molar-refractivity contribution in [2.24, 2.45) is 11.8 Å². The van der Waals surface area contributed by atoms with Crippen LogP contribution in [-0.2, 0) is 33.7 Å². The molecule has 0 radical (unpaired) electrons. The van der Waals surface area contributed by atoms with Crippen molar-refractivity contribution in [1.29, 1.82) is 5.26 Å². The lowest BCUT2D eigenvalue weighted by Gasteiger charge is -2.39. The molecule has 9 heteroatoms. The summed E-state index contributed by atoms with van der Waals surface area (Å²) in [5, 5.41) is 12.2. The number of nitrogens with zero attached hydrogens (tertiary/aromatic N) is 5. The molecule has 5 rings (SSSR count). The average Bonchev–Trinajstić information content (AvgIpc) is 3.47. The van der Waals surface area contributed by atoms with E-state index in [1.807, 2.05) is 53.6 Å². The first-order valence-corrected chi connectivity index (χ1v) is 14.5. The summed E-state index contributed by atoms with van der Waals surface area (Å²) >= 11 is 0. The van der Waals surface area contributed by atoms with Crippen molar-refractivity contribution in [3.63, 3.8) is 0 Å². The summed E-state index contributed by atoms with van der Waals surface area (Å²) in [6.45, 7) is 5.68. The lowest BCUT2D eigenvalue weighted by molar-refractivity contribution is -0.143. The van der Waals surface area contributed by atoms with Crippen LogP contribution >= 0.6 is 0 Å². The Hall–Kier alpha value is -4.00. The van der Waals surface area contributed by atoms with Crippen LogP contribution in [-0.4, -0.2) is 83.6 Å². The van der Waals surface area contributed by atoms with E-state index in [-0.39, 0.29) is 23.7 Å². The number of benzene rings is 2. The number of carbonyl (C=O) groups is 2. The Labute approximate surface area is 241 Å². The van der Waals surface area contributed by atoms with E-state index in [2.05, 4.69) is 38.0 Å². The normalized spacial score (nSPS) is 19.4. The second-order valence-electron chi connectivity index (χ2n) is 10.9. The third kappa shape index (κ3) is 7.81. The number of nitriles is 1. The number of hydrogen-bond donors (Lipinski definition) is 1. The Bertz CT molecular complexity index is 1330. The van der Waals surface area contributed by atoms with Gasteiger partial charge in [-0.2, -0.15) is 5.26 Å². The molecule has 2 aromatic carbocycles. The molecule has 0 bridgehead atoms. The van der Waals surface area contributed by atoms with Gasteiger partial charge in [-0.25, -0.2) is 4.98 Å². The van der Waals surface area contributed by atoms with Crippen LogP contribution in [0.4, 0.5) is 0 Å². The summed E-state index contributed by atoms with van der Waals surface area (Å²) in [5.74, 6) is -0.283. The zero-order valence-corrected chi connectivity index (χ0v) is 23.5. The van der Waals surface area contributed by atoms with Crippen LogP contribution in [0.3, 0.4) is 0 Å². The van der Waals surface area contributed by atoms with Crippen molar-refractivity contribution in [3.05, 3.63) is 89.5 Å². The van der Waals surface area contributed by atoms with Gasteiger partial charge in [0.25, 0.3) is 0 Å².